The first kappa shape index (κ1) is 52.1. The average molecular weight is 992 g/mol. The molecule has 0 spiro atoms. The lowest BCUT2D eigenvalue weighted by molar-refractivity contribution is -0.138. The Morgan fingerprint density at radius 3 is 1.57 bits per heavy atom. The summed E-state index contributed by atoms with van der Waals surface area (Å²) < 4.78 is 171. The third kappa shape index (κ3) is 13.2. The number of nitrogens with one attached hydrogen (secondary N) is 2. The molecule has 3 aromatic carbocycles. The Bertz CT molecular complexity index is 2580. The van der Waals surface area contributed by atoms with Gasteiger partial charge in [-0.3, -0.25) is 10.1 Å². The molecule has 2 fully saturated rings. The van der Waals surface area contributed by atoms with E-state index in [1.165, 1.54) is 23.5 Å². The third-order valence-electron chi connectivity index (χ3n) is 11.1. The molecular weight excluding hydrogens is 947 g/mol. The minimum Gasteiger partial charge on any atom is -0.426 e. The molecule has 7 rings (SSSR count). The highest BCUT2D eigenvalue weighted by Crippen LogP contribution is 2.41. The van der Waals surface area contributed by atoms with Crippen LogP contribution in [0, 0.1) is 11.8 Å². The third-order valence-corrected chi connectivity index (χ3v) is 15.6. The van der Waals surface area contributed by atoms with E-state index in [-0.39, 0.29) is 44.1 Å². The van der Waals surface area contributed by atoms with Gasteiger partial charge < -0.3 is 24.0 Å². The number of hydrogen-bond donors (Lipinski definition) is 2. The number of urea groups is 1. The van der Waals surface area contributed by atoms with E-state index in [4.69, 9.17) is 4.74 Å². The zero-order chi connectivity index (χ0) is 49.3. The fourth-order valence-corrected chi connectivity index (χ4v) is 10.3. The Balaban J connectivity index is 0.000000199. The molecule has 2 aliphatic rings. The van der Waals surface area contributed by atoms with Gasteiger partial charge in [0, 0.05) is 37.1 Å². The lowest BCUT2D eigenvalue weighted by Crippen LogP contribution is -2.48. The van der Waals surface area contributed by atoms with E-state index in [2.05, 4.69) is 30.0 Å². The number of alkyl halides is 8. The van der Waals surface area contributed by atoms with Crippen LogP contribution >= 0.6 is 0 Å². The topological polar surface area (TPSA) is 191 Å². The number of carbonyl (C=O) groups is 2. The van der Waals surface area contributed by atoms with Gasteiger partial charge in [0.1, 0.15) is 18.3 Å². The van der Waals surface area contributed by atoms with Crippen molar-refractivity contribution in [3.8, 4) is 5.75 Å². The molecule has 2 N–H and O–H groups in total. The van der Waals surface area contributed by atoms with Gasteiger partial charge in [-0.25, -0.2) is 30.4 Å². The van der Waals surface area contributed by atoms with Gasteiger partial charge in [0.2, 0.25) is 29.7 Å². The van der Waals surface area contributed by atoms with E-state index in [1.807, 2.05) is 6.07 Å². The van der Waals surface area contributed by atoms with Crippen LogP contribution in [-0.2, 0) is 43.2 Å². The molecule has 2 amide bonds. The zero-order valence-electron chi connectivity index (χ0n) is 35.7. The number of likely N-dealkylation sites (tertiary alicyclic amines) is 1. The molecule has 2 aromatic heterocycles. The van der Waals surface area contributed by atoms with Crippen molar-refractivity contribution in [3.05, 3.63) is 120 Å². The van der Waals surface area contributed by atoms with Gasteiger partial charge in [0.05, 0.1) is 33.0 Å². The Kier molecular flexibility index (Phi) is 16.6. The van der Waals surface area contributed by atoms with Crippen LogP contribution in [0.1, 0.15) is 56.4 Å². The van der Waals surface area contributed by atoms with Crippen molar-refractivity contribution in [2.24, 2.45) is 11.8 Å². The number of para-hydroxylation sites is 1. The van der Waals surface area contributed by atoms with Crippen LogP contribution in [0.3, 0.4) is 0 Å². The molecule has 2 aliphatic heterocycles. The summed E-state index contributed by atoms with van der Waals surface area (Å²) in [4.78, 5) is 24.0. The second kappa shape index (κ2) is 21.4. The van der Waals surface area contributed by atoms with Crippen molar-refractivity contribution >= 4 is 37.5 Å². The van der Waals surface area contributed by atoms with Crippen molar-refractivity contribution in [3.63, 3.8) is 0 Å². The van der Waals surface area contributed by atoms with E-state index < -0.39 is 80.8 Å². The molecule has 2 unspecified atom stereocenters. The number of benzene rings is 3. The van der Waals surface area contributed by atoms with E-state index in [0.29, 0.717) is 61.6 Å². The van der Waals surface area contributed by atoms with E-state index in [9.17, 15) is 57.2 Å². The number of esters is 1. The van der Waals surface area contributed by atoms with Gasteiger partial charge in [-0.05, 0) is 113 Å². The van der Waals surface area contributed by atoms with E-state index in [0.717, 1.165) is 38.1 Å². The summed E-state index contributed by atoms with van der Waals surface area (Å²) in [6.07, 6.45) is -5.49. The van der Waals surface area contributed by atoms with Crippen LogP contribution in [0.4, 0.5) is 45.7 Å². The molecule has 67 heavy (non-hydrogen) atoms. The normalized spacial score (nSPS) is 17.1. The number of rotatable bonds is 10. The number of ether oxygens (including phenoxy) is 1. The predicted molar refractivity (Wildman–Crippen MR) is 224 cm³/mol. The molecule has 0 saturated carbocycles. The smallest absolute Gasteiger partial charge is 0.416 e. The van der Waals surface area contributed by atoms with E-state index in [1.54, 1.807) is 30.3 Å². The minimum atomic E-state index is -4.62. The van der Waals surface area contributed by atoms with Gasteiger partial charge in [0.15, 0.2) is 5.82 Å². The summed E-state index contributed by atoms with van der Waals surface area (Å²) in [5.74, 6) is -1.22. The van der Waals surface area contributed by atoms with Crippen LogP contribution in [0.5, 0.6) is 5.75 Å². The quantitative estimate of drug-likeness (QED) is 0.0768. The molecule has 2 atom stereocenters. The largest absolute Gasteiger partial charge is 0.426 e. The van der Waals surface area contributed by atoms with Gasteiger partial charge in [-0.2, -0.15) is 26.3 Å². The molecule has 2 saturated heterocycles. The molecule has 4 heterocycles. The maximum absolute atomic E-state index is 15.5. The number of hydrogen-bond acceptors (Lipinski definition) is 12. The maximum Gasteiger partial charge on any atom is 0.416 e. The summed E-state index contributed by atoms with van der Waals surface area (Å²) >= 11 is 0. The maximum atomic E-state index is 15.5. The standard InChI is InChI=1S/C18H19F4N3O4S.C14H17F4NO2S.C11H9NO3/c1-17(19,30(27,28)14-4-2-13(3-5-14)18(20,21)22)12-6-9-25(10-7-12)16(26)23-15-8-11-29-24-15;1-13(15,10-6-8-19-9-7-10)22(20,21)12-4-2-11(3-5-12)14(16,17)18;13-11(8-9-6-7-14-12-9)15-10-4-2-1-3-5-10/h2-5,8,11-12H,6-7,9-10H2,1H3,(H,23,24,26);2-5,10,19H,6-9H2,1H3;1-7H,8H2. The minimum absolute atomic E-state index is 0.0686. The van der Waals surface area contributed by atoms with Crippen molar-refractivity contribution in [2.75, 3.05) is 31.5 Å². The first-order valence-corrected chi connectivity index (χ1v) is 23.3. The Morgan fingerprint density at radius 1 is 0.672 bits per heavy atom. The zero-order valence-corrected chi connectivity index (χ0v) is 37.3. The SMILES string of the molecule is CC(F)(C1CCN(C(=O)Nc2ccon2)CC1)S(=O)(=O)c1ccc(C(F)(F)F)cc1.CC(F)(C1CCNCC1)S(=O)(=O)c1ccc(C(F)(F)F)cc1.O=C(Cc1ccon1)Oc1ccccc1. The summed E-state index contributed by atoms with van der Waals surface area (Å²) in [7, 11) is -8.92. The van der Waals surface area contributed by atoms with Crippen molar-refractivity contribution in [2.45, 2.75) is 78.1 Å². The fourth-order valence-electron chi connectivity index (χ4n) is 7.08. The summed E-state index contributed by atoms with van der Waals surface area (Å²) in [5.41, 5.74) is -1.42. The lowest BCUT2D eigenvalue weighted by Gasteiger charge is -2.37. The summed E-state index contributed by atoms with van der Waals surface area (Å²) in [6, 6.07) is 17.2. The Morgan fingerprint density at radius 2 is 1.13 bits per heavy atom. The number of carbonyl (C=O) groups excluding carboxylic acids is 2. The van der Waals surface area contributed by atoms with Gasteiger partial charge in [0.25, 0.3) is 0 Å². The average Bonchev–Trinajstić information content (AvgIpc) is 4.02. The monoisotopic (exact) mass is 991 g/mol. The molecule has 5 aromatic rings. The number of aromatic nitrogens is 2. The number of anilines is 1. The molecule has 364 valence electrons. The second-order valence-corrected chi connectivity index (χ2v) is 20.1. The molecule has 0 radical (unpaired) electrons. The van der Waals surface area contributed by atoms with Crippen LogP contribution in [0.25, 0.3) is 0 Å². The lowest BCUT2D eigenvalue weighted by atomic mass is 9.92. The molecule has 0 bridgehead atoms. The van der Waals surface area contributed by atoms with E-state index >= 15 is 4.39 Å². The molecular formula is C43H45F8N5O9S2. The second-order valence-electron chi connectivity index (χ2n) is 15.6. The first-order valence-electron chi connectivity index (χ1n) is 20.4. The summed E-state index contributed by atoms with van der Waals surface area (Å²) in [6.45, 7) is 3.16. The van der Waals surface area contributed by atoms with Crippen molar-refractivity contribution in [1.82, 2.24) is 20.5 Å². The van der Waals surface area contributed by atoms with Crippen LogP contribution in [0.15, 0.2) is 122 Å². The number of sulfone groups is 2. The fraction of sp³-hybridized carbons (Fsp3) is 0.395. The highest BCUT2D eigenvalue weighted by atomic mass is 32.2. The molecule has 14 nitrogen and oxygen atoms in total. The Hall–Kier alpha value is -5.88. The van der Waals surface area contributed by atoms with Gasteiger partial charge in [-0.1, -0.05) is 28.5 Å². The molecule has 24 heteroatoms. The number of amides is 2. The van der Waals surface area contributed by atoms with Crippen LogP contribution in [0.2, 0.25) is 0 Å². The van der Waals surface area contributed by atoms with Crippen LogP contribution in [-0.4, -0.2) is 80.2 Å². The predicted octanol–water partition coefficient (Wildman–Crippen LogP) is 9.08. The van der Waals surface area contributed by atoms with Gasteiger partial charge in [-0.15, -0.1) is 0 Å². The highest BCUT2D eigenvalue weighted by molar-refractivity contribution is 7.93. The number of nitrogens with zero attached hydrogens (tertiary/aromatic N) is 3. The summed E-state index contributed by atoms with van der Waals surface area (Å²) in [5, 5.41) is 7.47. The molecule has 0 aliphatic carbocycles. The Labute approximate surface area is 379 Å². The van der Waals surface area contributed by atoms with Crippen molar-refractivity contribution < 1.29 is 75.3 Å². The highest BCUT2D eigenvalue weighted by Gasteiger charge is 2.50. The first-order chi connectivity index (χ1) is 31.3. The van der Waals surface area contributed by atoms with Crippen LogP contribution < -0.4 is 15.4 Å². The van der Waals surface area contributed by atoms with Gasteiger partial charge >= 0.3 is 24.4 Å². The van der Waals surface area contributed by atoms with Crippen molar-refractivity contribution in [1.29, 1.82) is 0 Å². The number of piperidine rings is 2. The number of halogens is 8.